The minimum Gasteiger partial charge on any atom is -0.379 e. The molecule has 2 bridgehead atoms. The van der Waals surface area contributed by atoms with E-state index in [0.717, 1.165) is 30.5 Å². The highest BCUT2D eigenvalue weighted by Gasteiger charge is 2.40. The summed E-state index contributed by atoms with van der Waals surface area (Å²) in [6.45, 7) is 1.85. The van der Waals surface area contributed by atoms with Crippen LogP contribution in [-0.4, -0.2) is 23.2 Å². The summed E-state index contributed by atoms with van der Waals surface area (Å²) in [6.07, 6.45) is 3.86. The molecular formula is C13H15ClN2O3. The first-order valence-corrected chi connectivity index (χ1v) is 6.79. The fourth-order valence-electron chi connectivity index (χ4n) is 2.95. The summed E-state index contributed by atoms with van der Waals surface area (Å²) in [5.74, 6) is 0. The molecule has 0 amide bonds. The zero-order valence-electron chi connectivity index (χ0n) is 10.6. The lowest BCUT2D eigenvalue weighted by Crippen LogP contribution is -2.30. The van der Waals surface area contributed by atoms with E-state index in [0.29, 0.717) is 6.10 Å². The van der Waals surface area contributed by atoms with Gasteiger partial charge >= 0.3 is 0 Å². The van der Waals surface area contributed by atoms with Crippen LogP contribution in [0.3, 0.4) is 0 Å². The van der Waals surface area contributed by atoms with Crippen molar-refractivity contribution in [3.8, 4) is 0 Å². The maximum atomic E-state index is 10.8. The second kappa shape index (κ2) is 4.65. The largest absolute Gasteiger partial charge is 0.379 e. The summed E-state index contributed by atoms with van der Waals surface area (Å²) < 4.78 is 5.79. The predicted molar refractivity (Wildman–Crippen MR) is 72.8 cm³/mol. The Labute approximate surface area is 116 Å². The van der Waals surface area contributed by atoms with E-state index in [-0.39, 0.29) is 22.9 Å². The van der Waals surface area contributed by atoms with Crippen molar-refractivity contribution < 1.29 is 9.66 Å². The van der Waals surface area contributed by atoms with Gasteiger partial charge in [0.25, 0.3) is 5.69 Å². The highest BCUT2D eigenvalue weighted by atomic mass is 35.5. The van der Waals surface area contributed by atoms with Crippen molar-refractivity contribution in [3.05, 3.63) is 32.8 Å². The molecule has 2 aliphatic rings. The molecule has 2 aliphatic heterocycles. The van der Waals surface area contributed by atoms with Crippen LogP contribution in [0.4, 0.5) is 11.4 Å². The predicted octanol–water partition coefficient (Wildman–Crippen LogP) is 3.29. The number of nitrogens with zero attached hydrogens (tertiary/aromatic N) is 1. The van der Waals surface area contributed by atoms with E-state index in [1.165, 1.54) is 6.07 Å². The molecule has 0 aromatic heterocycles. The smallest absolute Gasteiger partial charge is 0.288 e. The maximum absolute atomic E-state index is 10.8. The third-order valence-electron chi connectivity index (χ3n) is 3.94. The van der Waals surface area contributed by atoms with E-state index in [2.05, 4.69) is 5.32 Å². The Morgan fingerprint density at radius 1 is 1.47 bits per heavy atom. The van der Waals surface area contributed by atoms with Gasteiger partial charge in [0.05, 0.1) is 23.2 Å². The molecule has 2 fully saturated rings. The molecule has 3 rings (SSSR count). The molecule has 0 spiro atoms. The third-order valence-corrected chi connectivity index (χ3v) is 4.24. The standard InChI is InChI=1S/C13H15ClN2O3/c1-7-4-12(16(17)18)9(14)6-10(7)15-11-5-8-2-3-13(11)19-8/h4,6,8,11,13,15H,2-3,5H2,1H3. The van der Waals surface area contributed by atoms with Gasteiger partial charge in [-0.2, -0.15) is 0 Å². The van der Waals surface area contributed by atoms with Gasteiger partial charge in [-0.3, -0.25) is 10.1 Å². The normalized spacial score (nSPS) is 28.6. The lowest BCUT2D eigenvalue weighted by atomic mass is 9.95. The van der Waals surface area contributed by atoms with E-state index in [9.17, 15) is 10.1 Å². The van der Waals surface area contributed by atoms with Gasteiger partial charge in [-0.25, -0.2) is 0 Å². The van der Waals surface area contributed by atoms with E-state index < -0.39 is 4.92 Å². The number of fused-ring (bicyclic) bond motifs is 2. The average Bonchev–Trinajstić information content (AvgIpc) is 2.95. The molecule has 6 heteroatoms. The lowest BCUT2D eigenvalue weighted by molar-refractivity contribution is -0.384. The van der Waals surface area contributed by atoms with Crippen LogP contribution in [-0.2, 0) is 4.74 Å². The number of nitro benzene ring substituents is 1. The molecule has 2 saturated heterocycles. The van der Waals surface area contributed by atoms with E-state index in [1.807, 2.05) is 6.92 Å². The van der Waals surface area contributed by atoms with Crippen LogP contribution in [0.15, 0.2) is 12.1 Å². The summed E-state index contributed by atoms with van der Waals surface area (Å²) in [5, 5.41) is 14.4. The van der Waals surface area contributed by atoms with Gasteiger partial charge in [-0.15, -0.1) is 0 Å². The quantitative estimate of drug-likeness (QED) is 0.682. The summed E-state index contributed by atoms with van der Waals surface area (Å²) in [4.78, 5) is 10.4. The van der Waals surface area contributed by atoms with Crippen LogP contribution in [0.1, 0.15) is 24.8 Å². The first-order valence-electron chi connectivity index (χ1n) is 6.41. The van der Waals surface area contributed by atoms with Gasteiger partial charge in [0, 0.05) is 11.8 Å². The first kappa shape index (κ1) is 12.7. The zero-order valence-corrected chi connectivity index (χ0v) is 11.3. The fourth-order valence-corrected chi connectivity index (χ4v) is 3.18. The number of ether oxygens (including phenoxy) is 1. The third kappa shape index (κ3) is 2.28. The van der Waals surface area contributed by atoms with Crippen molar-refractivity contribution in [1.29, 1.82) is 0 Å². The van der Waals surface area contributed by atoms with Crippen LogP contribution in [0.25, 0.3) is 0 Å². The molecule has 3 atom stereocenters. The number of nitro groups is 1. The zero-order chi connectivity index (χ0) is 13.6. The fraction of sp³-hybridized carbons (Fsp3) is 0.538. The Morgan fingerprint density at radius 2 is 2.26 bits per heavy atom. The topological polar surface area (TPSA) is 64.4 Å². The Morgan fingerprint density at radius 3 is 2.84 bits per heavy atom. The average molecular weight is 283 g/mol. The first-order chi connectivity index (χ1) is 9.04. The Hall–Kier alpha value is -1.33. The molecule has 102 valence electrons. The second-order valence-electron chi connectivity index (χ2n) is 5.24. The number of nitrogens with one attached hydrogen (secondary N) is 1. The SMILES string of the molecule is Cc1cc([N+](=O)[O-])c(Cl)cc1NC1CC2CCC1O2. The minimum atomic E-state index is -0.459. The molecule has 0 aliphatic carbocycles. The molecule has 1 aromatic rings. The summed E-state index contributed by atoms with van der Waals surface area (Å²) in [6, 6.07) is 3.44. The number of halogens is 1. The Kier molecular flexibility index (Phi) is 3.11. The van der Waals surface area contributed by atoms with Crippen molar-refractivity contribution in [1.82, 2.24) is 0 Å². The molecule has 5 nitrogen and oxygen atoms in total. The molecule has 3 unspecified atom stereocenters. The van der Waals surface area contributed by atoms with Crippen molar-refractivity contribution in [2.45, 2.75) is 44.4 Å². The molecule has 2 heterocycles. The molecule has 1 N–H and O–H groups in total. The van der Waals surface area contributed by atoms with Crippen LogP contribution >= 0.6 is 11.6 Å². The highest BCUT2D eigenvalue weighted by molar-refractivity contribution is 6.33. The summed E-state index contributed by atoms with van der Waals surface area (Å²) in [7, 11) is 0. The summed E-state index contributed by atoms with van der Waals surface area (Å²) >= 11 is 5.95. The number of aryl methyl sites for hydroxylation is 1. The van der Waals surface area contributed by atoms with Crippen LogP contribution in [0, 0.1) is 17.0 Å². The van der Waals surface area contributed by atoms with Crippen molar-refractivity contribution in [2.75, 3.05) is 5.32 Å². The van der Waals surface area contributed by atoms with Crippen molar-refractivity contribution in [3.63, 3.8) is 0 Å². The monoisotopic (exact) mass is 282 g/mol. The van der Waals surface area contributed by atoms with Crippen LogP contribution < -0.4 is 5.32 Å². The van der Waals surface area contributed by atoms with Crippen molar-refractivity contribution in [2.24, 2.45) is 0 Å². The van der Waals surface area contributed by atoms with E-state index in [4.69, 9.17) is 16.3 Å². The maximum Gasteiger partial charge on any atom is 0.288 e. The molecule has 19 heavy (non-hydrogen) atoms. The number of hydrogen-bond acceptors (Lipinski definition) is 4. The Bertz CT molecular complexity index is 535. The van der Waals surface area contributed by atoms with Gasteiger partial charge in [0.2, 0.25) is 0 Å². The van der Waals surface area contributed by atoms with E-state index in [1.54, 1.807) is 6.07 Å². The number of rotatable bonds is 3. The van der Waals surface area contributed by atoms with Crippen LogP contribution in [0.5, 0.6) is 0 Å². The molecular weight excluding hydrogens is 268 g/mol. The van der Waals surface area contributed by atoms with Gasteiger partial charge in [0.15, 0.2) is 0 Å². The van der Waals surface area contributed by atoms with Crippen LogP contribution in [0.2, 0.25) is 5.02 Å². The number of anilines is 1. The number of benzene rings is 1. The Balaban J connectivity index is 1.81. The molecule has 0 radical (unpaired) electrons. The van der Waals surface area contributed by atoms with Crippen molar-refractivity contribution >= 4 is 23.0 Å². The van der Waals surface area contributed by atoms with E-state index >= 15 is 0 Å². The molecule has 1 aromatic carbocycles. The second-order valence-corrected chi connectivity index (χ2v) is 5.64. The van der Waals surface area contributed by atoms with Gasteiger partial charge in [-0.05, 0) is 37.8 Å². The minimum absolute atomic E-state index is 0.0473. The molecule has 0 saturated carbocycles. The number of hydrogen-bond donors (Lipinski definition) is 1. The van der Waals surface area contributed by atoms with Gasteiger partial charge in [0.1, 0.15) is 5.02 Å². The lowest BCUT2D eigenvalue weighted by Gasteiger charge is -2.22. The highest BCUT2D eigenvalue weighted by Crippen LogP contribution is 2.37. The van der Waals surface area contributed by atoms with Gasteiger partial charge in [-0.1, -0.05) is 11.6 Å². The van der Waals surface area contributed by atoms with Gasteiger partial charge < -0.3 is 10.1 Å². The summed E-state index contributed by atoms with van der Waals surface area (Å²) in [5.41, 5.74) is 1.64.